The van der Waals surface area contributed by atoms with E-state index in [1.807, 2.05) is 0 Å². The lowest BCUT2D eigenvalue weighted by atomic mass is 10.2. The first-order chi connectivity index (χ1) is 8.25. The van der Waals surface area contributed by atoms with Gasteiger partial charge in [-0.3, -0.25) is 0 Å². The molecule has 1 aliphatic heterocycles. The van der Waals surface area contributed by atoms with Crippen LogP contribution in [0.1, 0.15) is 6.42 Å². The summed E-state index contributed by atoms with van der Waals surface area (Å²) in [5.74, 6) is 2.63. The molecule has 1 N–H and O–H groups in total. The first-order valence-electron chi connectivity index (χ1n) is 6.03. The van der Waals surface area contributed by atoms with Crippen molar-refractivity contribution < 1.29 is 0 Å². The van der Waals surface area contributed by atoms with Crippen molar-refractivity contribution >= 4 is 33.4 Å². The van der Waals surface area contributed by atoms with Crippen LogP contribution in [-0.4, -0.2) is 42.6 Å². The van der Waals surface area contributed by atoms with Crippen molar-refractivity contribution in [2.24, 2.45) is 0 Å². The van der Waals surface area contributed by atoms with Crippen molar-refractivity contribution in [3.05, 3.63) is 28.7 Å². The molecule has 0 saturated carbocycles. The molecule has 4 heteroatoms. The lowest BCUT2D eigenvalue weighted by Crippen LogP contribution is -2.35. The van der Waals surface area contributed by atoms with Gasteiger partial charge < -0.3 is 10.2 Å². The quantitative estimate of drug-likeness (QED) is 0.897. The molecule has 0 amide bonds. The van der Waals surface area contributed by atoms with Gasteiger partial charge in [0.25, 0.3) is 0 Å². The largest absolute Gasteiger partial charge is 0.384 e. The van der Waals surface area contributed by atoms with Crippen LogP contribution in [0, 0.1) is 0 Å². The molecule has 0 bridgehead atoms. The Balaban J connectivity index is 1.70. The summed E-state index contributed by atoms with van der Waals surface area (Å²) in [6, 6.07) is 9.14. The molecule has 1 aliphatic rings. The molecule has 1 unspecified atom stereocenters. The molecule has 2 rings (SSSR count). The van der Waals surface area contributed by atoms with Gasteiger partial charge in [-0.25, -0.2) is 0 Å². The minimum absolute atomic E-state index is 0.784. The zero-order valence-corrected chi connectivity index (χ0v) is 12.6. The maximum absolute atomic E-state index is 3.46. The van der Waals surface area contributed by atoms with E-state index in [1.54, 1.807) is 0 Å². The summed E-state index contributed by atoms with van der Waals surface area (Å²) in [7, 11) is 2.24. The van der Waals surface area contributed by atoms with E-state index in [0.717, 1.165) is 23.6 Å². The fourth-order valence-corrected chi connectivity index (χ4v) is 3.56. The van der Waals surface area contributed by atoms with Crippen LogP contribution in [0.15, 0.2) is 28.7 Å². The summed E-state index contributed by atoms with van der Waals surface area (Å²) >= 11 is 5.52. The van der Waals surface area contributed by atoms with Gasteiger partial charge in [0.1, 0.15) is 0 Å². The summed E-state index contributed by atoms with van der Waals surface area (Å²) in [6.45, 7) is 2.13. The van der Waals surface area contributed by atoms with Crippen LogP contribution in [0.25, 0.3) is 0 Å². The van der Waals surface area contributed by atoms with E-state index in [0.29, 0.717) is 0 Å². The third-order valence-corrected chi connectivity index (χ3v) is 4.84. The third kappa shape index (κ3) is 4.19. The first kappa shape index (κ1) is 13.2. The average Bonchev–Trinajstić information content (AvgIpc) is 2.85. The van der Waals surface area contributed by atoms with Crippen molar-refractivity contribution in [2.45, 2.75) is 12.5 Å². The highest BCUT2D eigenvalue weighted by atomic mass is 79.9. The number of nitrogens with zero attached hydrogens (tertiary/aromatic N) is 1. The molecule has 94 valence electrons. The monoisotopic (exact) mass is 314 g/mol. The molecule has 0 aromatic heterocycles. The van der Waals surface area contributed by atoms with Gasteiger partial charge >= 0.3 is 0 Å². The van der Waals surface area contributed by atoms with Gasteiger partial charge in [0.05, 0.1) is 0 Å². The molecule has 0 spiro atoms. The van der Waals surface area contributed by atoms with E-state index in [-0.39, 0.29) is 0 Å². The molecular weight excluding hydrogens is 296 g/mol. The Bertz CT molecular complexity index is 336. The maximum atomic E-state index is 3.46. The lowest BCUT2D eigenvalue weighted by molar-refractivity contribution is 0.272. The van der Waals surface area contributed by atoms with E-state index in [2.05, 4.69) is 69.2 Å². The van der Waals surface area contributed by atoms with E-state index < -0.39 is 0 Å². The topological polar surface area (TPSA) is 15.3 Å². The third-order valence-electron chi connectivity index (χ3n) is 3.17. The standard InChI is InChI=1S/C13H19BrN2S/c1-16(13-6-9-17-10-13)8-7-15-12-4-2-11(14)3-5-12/h2-5,13,15H,6-10H2,1H3. The molecule has 2 nitrogen and oxygen atoms in total. The number of likely N-dealkylation sites (N-methyl/N-ethyl adjacent to an activating group) is 1. The number of halogens is 1. The Morgan fingerprint density at radius 1 is 1.41 bits per heavy atom. The molecule has 1 atom stereocenters. The summed E-state index contributed by atoms with van der Waals surface area (Å²) in [5, 5.41) is 3.46. The Hall–Kier alpha value is -0.190. The van der Waals surface area contributed by atoms with Gasteiger partial charge in [0, 0.05) is 35.0 Å². The number of anilines is 1. The fourth-order valence-electron chi connectivity index (χ4n) is 2.00. The Morgan fingerprint density at radius 3 is 2.82 bits per heavy atom. The van der Waals surface area contributed by atoms with Crippen LogP contribution in [-0.2, 0) is 0 Å². The molecule has 1 fully saturated rings. The molecule has 1 aromatic rings. The average molecular weight is 315 g/mol. The Kier molecular flexibility index (Phi) is 5.19. The summed E-state index contributed by atoms with van der Waals surface area (Å²) in [4.78, 5) is 2.48. The van der Waals surface area contributed by atoms with Gasteiger partial charge in [-0.05, 0) is 43.5 Å². The van der Waals surface area contributed by atoms with Crippen LogP contribution in [0.4, 0.5) is 5.69 Å². The predicted molar refractivity (Wildman–Crippen MR) is 81.0 cm³/mol. The number of benzene rings is 1. The van der Waals surface area contributed by atoms with Crippen molar-refractivity contribution in [2.75, 3.05) is 37.0 Å². The van der Waals surface area contributed by atoms with Crippen LogP contribution in [0.3, 0.4) is 0 Å². The van der Waals surface area contributed by atoms with Gasteiger partial charge in [-0.15, -0.1) is 0 Å². The SMILES string of the molecule is CN(CCNc1ccc(Br)cc1)C1CCSC1. The van der Waals surface area contributed by atoms with Crippen molar-refractivity contribution in [3.8, 4) is 0 Å². The second-order valence-electron chi connectivity index (χ2n) is 4.43. The van der Waals surface area contributed by atoms with Gasteiger partial charge in [-0.1, -0.05) is 15.9 Å². The molecule has 0 radical (unpaired) electrons. The second kappa shape index (κ2) is 6.66. The van der Waals surface area contributed by atoms with Crippen molar-refractivity contribution in [1.82, 2.24) is 4.90 Å². The van der Waals surface area contributed by atoms with Gasteiger partial charge in [-0.2, -0.15) is 11.8 Å². The molecule has 1 heterocycles. The van der Waals surface area contributed by atoms with Crippen LogP contribution in [0.5, 0.6) is 0 Å². The van der Waals surface area contributed by atoms with Gasteiger partial charge in [0.2, 0.25) is 0 Å². The minimum Gasteiger partial charge on any atom is -0.384 e. The maximum Gasteiger partial charge on any atom is 0.0341 e. The molecule has 1 aromatic carbocycles. The zero-order valence-electron chi connectivity index (χ0n) is 10.2. The Morgan fingerprint density at radius 2 is 2.18 bits per heavy atom. The highest BCUT2D eigenvalue weighted by Gasteiger charge is 2.19. The van der Waals surface area contributed by atoms with Crippen LogP contribution >= 0.6 is 27.7 Å². The molecule has 17 heavy (non-hydrogen) atoms. The highest BCUT2D eigenvalue weighted by Crippen LogP contribution is 2.21. The van der Waals surface area contributed by atoms with Crippen LogP contribution < -0.4 is 5.32 Å². The lowest BCUT2D eigenvalue weighted by Gasteiger charge is -2.23. The van der Waals surface area contributed by atoms with Crippen LogP contribution in [0.2, 0.25) is 0 Å². The van der Waals surface area contributed by atoms with Crippen molar-refractivity contribution in [3.63, 3.8) is 0 Å². The number of nitrogens with one attached hydrogen (secondary N) is 1. The molecule has 1 saturated heterocycles. The van der Waals surface area contributed by atoms with E-state index in [1.165, 1.54) is 23.6 Å². The van der Waals surface area contributed by atoms with Gasteiger partial charge in [0.15, 0.2) is 0 Å². The van der Waals surface area contributed by atoms with E-state index >= 15 is 0 Å². The first-order valence-corrected chi connectivity index (χ1v) is 7.98. The summed E-state index contributed by atoms with van der Waals surface area (Å²) in [6.07, 6.45) is 1.35. The van der Waals surface area contributed by atoms with E-state index in [9.17, 15) is 0 Å². The highest BCUT2D eigenvalue weighted by molar-refractivity contribution is 9.10. The fraction of sp³-hybridized carbons (Fsp3) is 0.538. The number of hydrogen-bond donors (Lipinski definition) is 1. The van der Waals surface area contributed by atoms with E-state index in [4.69, 9.17) is 0 Å². The minimum atomic E-state index is 0.784. The zero-order chi connectivity index (χ0) is 12.1. The summed E-state index contributed by atoms with van der Waals surface area (Å²) < 4.78 is 1.13. The molecular formula is C13H19BrN2S. The normalized spacial score (nSPS) is 19.8. The Labute approximate surface area is 116 Å². The predicted octanol–water partition coefficient (Wildman–Crippen LogP) is 3.30. The number of hydrogen-bond acceptors (Lipinski definition) is 3. The molecule has 0 aliphatic carbocycles. The summed E-state index contributed by atoms with van der Waals surface area (Å²) in [5.41, 5.74) is 1.20. The van der Waals surface area contributed by atoms with Crippen molar-refractivity contribution in [1.29, 1.82) is 0 Å². The second-order valence-corrected chi connectivity index (χ2v) is 6.50. The number of thioether (sulfide) groups is 1. The smallest absolute Gasteiger partial charge is 0.0341 e. The number of rotatable bonds is 5.